The summed E-state index contributed by atoms with van der Waals surface area (Å²) in [6.45, 7) is -0.546. The second-order valence-electron chi connectivity index (χ2n) is 6.30. The van der Waals surface area contributed by atoms with Crippen LogP contribution in [0, 0.1) is 11.3 Å². The Kier molecular flexibility index (Phi) is 6.21. The molecule has 1 aliphatic rings. The number of hydrogen-bond donors (Lipinski definition) is 2. The summed E-state index contributed by atoms with van der Waals surface area (Å²) in [4.78, 5) is 24.3. The molecule has 140 valence electrons. The molecule has 0 unspecified atom stereocenters. The van der Waals surface area contributed by atoms with E-state index in [-0.39, 0.29) is 11.3 Å². The molecule has 0 bridgehead atoms. The van der Waals surface area contributed by atoms with Crippen molar-refractivity contribution in [2.45, 2.75) is 37.6 Å². The molecule has 1 saturated carbocycles. The lowest BCUT2D eigenvalue weighted by atomic mass is 9.83. The average Bonchev–Trinajstić information content (AvgIpc) is 2.59. The topological polar surface area (TPSA) is 125 Å². The van der Waals surface area contributed by atoms with E-state index in [2.05, 4.69) is 16.1 Å². The molecular weight excluding hydrogens is 358 g/mol. The molecule has 0 spiro atoms. The van der Waals surface area contributed by atoms with E-state index < -0.39 is 34.0 Å². The van der Waals surface area contributed by atoms with E-state index in [1.807, 2.05) is 0 Å². The largest absolute Gasteiger partial charge is 0.452 e. The molecule has 0 radical (unpaired) electrons. The van der Waals surface area contributed by atoms with Crippen LogP contribution in [0.15, 0.2) is 24.3 Å². The van der Waals surface area contributed by atoms with Crippen LogP contribution in [0.2, 0.25) is 0 Å². The lowest BCUT2D eigenvalue weighted by Crippen LogP contribution is -2.50. The molecule has 1 amide bonds. The lowest BCUT2D eigenvalue weighted by Gasteiger charge is -2.31. The highest BCUT2D eigenvalue weighted by atomic mass is 32.2. The Balaban J connectivity index is 1.98. The van der Waals surface area contributed by atoms with Crippen molar-refractivity contribution in [2.24, 2.45) is 0 Å². The van der Waals surface area contributed by atoms with Crippen molar-refractivity contribution >= 4 is 27.6 Å². The highest BCUT2D eigenvalue weighted by Gasteiger charge is 2.33. The number of para-hydroxylation sites is 1. The van der Waals surface area contributed by atoms with E-state index in [0.717, 1.165) is 25.5 Å². The van der Waals surface area contributed by atoms with Crippen LogP contribution < -0.4 is 10.0 Å². The molecule has 1 aliphatic carbocycles. The maximum absolute atomic E-state index is 12.2. The molecule has 1 aromatic carbocycles. The van der Waals surface area contributed by atoms with Gasteiger partial charge in [-0.2, -0.15) is 5.26 Å². The first kappa shape index (κ1) is 19.7. The van der Waals surface area contributed by atoms with E-state index in [0.29, 0.717) is 12.8 Å². The van der Waals surface area contributed by atoms with Crippen molar-refractivity contribution in [1.82, 2.24) is 5.32 Å². The molecule has 26 heavy (non-hydrogen) atoms. The zero-order valence-corrected chi connectivity index (χ0v) is 15.3. The fourth-order valence-electron chi connectivity index (χ4n) is 2.88. The van der Waals surface area contributed by atoms with Gasteiger partial charge in [0.2, 0.25) is 10.0 Å². The first-order chi connectivity index (χ1) is 12.2. The van der Waals surface area contributed by atoms with Crippen LogP contribution in [0.4, 0.5) is 5.69 Å². The second-order valence-corrected chi connectivity index (χ2v) is 8.05. The van der Waals surface area contributed by atoms with Crippen LogP contribution in [-0.4, -0.2) is 38.7 Å². The Bertz CT molecular complexity index is 823. The maximum Gasteiger partial charge on any atom is 0.340 e. The predicted octanol–water partition coefficient (Wildman–Crippen LogP) is 1.56. The zero-order chi connectivity index (χ0) is 19.2. The zero-order valence-electron chi connectivity index (χ0n) is 14.4. The number of benzene rings is 1. The van der Waals surface area contributed by atoms with Crippen LogP contribution in [0.5, 0.6) is 0 Å². The molecule has 2 N–H and O–H groups in total. The summed E-state index contributed by atoms with van der Waals surface area (Å²) in [5, 5.41) is 12.0. The number of rotatable bonds is 6. The van der Waals surface area contributed by atoms with Crippen molar-refractivity contribution in [1.29, 1.82) is 5.26 Å². The lowest BCUT2D eigenvalue weighted by molar-refractivity contribution is -0.125. The van der Waals surface area contributed by atoms with E-state index in [4.69, 9.17) is 4.74 Å². The Hall–Kier alpha value is -2.60. The normalized spacial score (nSPS) is 16.2. The summed E-state index contributed by atoms with van der Waals surface area (Å²) in [5.74, 6) is -1.39. The van der Waals surface area contributed by atoms with E-state index in [1.165, 1.54) is 12.1 Å². The van der Waals surface area contributed by atoms with Gasteiger partial charge in [-0.1, -0.05) is 31.4 Å². The van der Waals surface area contributed by atoms with Crippen LogP contribution in [0.25, 0.3) is 0 Å². The first-order valence-electron chi connectivity index (χ1n) is 8.21. The molecule has 0 aliphatic heterocycles. The third kappa shape index (κ3) is 5.46. The minimum absolute atomic E-state index is 0.00149. The molecule has 0 saturated heterocycles. The SMILES string of the molecule is CS(=O)(=O)Nc1ccccc1C(=O)OCC(=O)NC1(C#N)CCCCC1. The summed E-state index contributed by atoms with van der Waals surface area (Å²) >= 11 is 0. The fraction of sp³-hybridized carbons (Fsp3) is 0.471. The van der Waals surface area contributed by atoms with Crippen LogP contribution in [-0.2, 0) is 19.6 Å². The monoisotopic (exact) mass is 379 g/mol. The van der Waals surface area contributed by atoms with Gasteiger partial charge in [0.15, 0.2) is 6.61 Å². The summed E-state index contributed by atoms with van der Waals surface area (Å²) in [5.41, 5.74) is -0.836. The number of anilines is 1. The average molecular weight is 379 g/mol. The van der Waals surface area contributed by atoms with Gasteiger partial charge in [-0.25, -0.2) is 13.2 Å². The van der Waals surface area contributed by atoms with Gasteiger partial charge >= 0.3 is 5.97 Å². The highest BCUT2D eigenvalue weighted by Crippen LogP contribution is 2.27. The number of sulfonamides is 1. The molecule has 1 aromatic rings. The van der Waals surface area contributed by atoms with Gasteiger partial charge in [0, 0.05) is 0 Å². The third-order valence-corrected chi connectivity index (χ3v) is 4.67. The summed E-state index contributed by atoms with van der Waals surface area (Å²) in [6, 6.07) is 8.09. The molecule has 8 nitrogen and oxygen atoms in total. The quantitative estimate of drug-likeness (QED) is 0.723. The predicted molar refractivity (Wildman–Crippen MR) is 94.8 cm³/mol. The van der Waals surface area contributed by atoms with Gasteiger partial charge < -0.3 is 10.1 Å². The number of nitrogens with zero attached hydrogens (tertiary/aromatic N) is 1. The van der Waals surface area contributed by atoms with Crippen molar-refractivity contribution in [3.05, 3.63) is 29.8 Å². The number of nitrogens with one attached hydrogen (secondary N) is 2. The number of hydrogen-bond acceptors (Lipinski definition) is 6. The molecule has 0 heterocycles. The van der Waals surface area contributed by atoms with Crippen LogP contribution in [0.3, 0.4) is 0 Å². The smallest absolute Gasteiger partial charge is 0.340 e. The fourth-order valence-corrected chi connectivity index (χ4v) is 3.46. The Morgan fingerprint density at radius 3 is 2.50 bits per heavy atom. The van der Waals surface area contributed by atoms with Crippen LogP contribution in [0.1, 0.15) is 42.5 Å². The number of esters is 1. The van der Waals surface area contributed by atoms with Crippen molar-refractivity contribution in [2.75, 3.05) is 17.6 Å². The Morgan fingerprint density at radius 1 is 1.23 bits per heavy atom. The van der Waals surface area contributed by atoms with Gasteiger partial charge in [0.25, 0.3) is 5.91 Å². The molecule has 0 aromatic heterocycles. The Labute approximate surface area is 152 Å². The minimum atomic E-state index is -3.57. The highest BCUT2D eigenvalue weighted by molar-refractivity contribution is 7.92. The number of ether oxygens (including phenoxy) is 1. The molecule has 0 atom stereocenters. The van der Waals surface area contributed by atoms with Gasteiger partial charge in [-0.3, -0.25) is 9.52 Å². The number of carbonyl (C=O) groups is 2. The van der Waals surface area contributed by atoms with E-state index in [9.17, 15) is 23.3 Å². The van der Waals surface area contributed by atoms with Crippen molar-refractivity contribution < 1.29 is 22.7 Å². The second kappa shape index (κ2) is 8.19. The van der Waals surface area contributed by atoms with Crippen molar-refractivity contribution in [3.8, 4) is 6.07 Å². The Morgan fingerprint density at radius 2 is 1.88 bits per heavy atom. The minimum Gasteiger partial charge on any atom is -0.452 e. The summed E-state index contributed by atoms with van der Waals surface area (Å²) in [7, 11) is -3.57. The molecule has 1 fully saturated rings. The van der Waals surface area contributed by atoms with Gasteiger partial charge in [0.05, 0.1) is 23.6 Å². The number of carbonyl (C=O) groups excluding carboxylic acids is 2. The first-order valence-corrected chi connectivity index (χ1v) is 10.1. The third-order valence-electron chi connectivity index (χ3n) is 4.08. The summed E-state index contributed by atoms with van der Waals surface area (Å²) in [6.07, 6.45) is 4.86. The van der Waals surface area contributed by atoms with E-state index in [1.54, 1.807) is 12.1 Å². The standard InChI is InChI=1S/C17H21N3O5S/c1-26(23,24)20-14-8-4-3-7-13(14)16(22)25-11-15(21)19-17(12-18)9-5-2-6-10-17/h3-4,7-8,20H,2,5-6,9-11H2,1H3,(H,19,21). The van der Waals surface area contributed by atoms with Crippen LogP contribution >= 0.6 is 0 Å². The van der Waals surface area contributed by atoms with Gasteiger partial charge in [-0.05, 0) is 25.0 Å². The summed E-state index contributed by atoms with van der Waals surface area (Å²) < 4.78 is 30.0. The van der Waals surface area contributed by atoms with Gasteiger partial charge in [0.1, 0.15) is 5.54 Å². The molecular formula is C17H21N3O5S. The van der Waals surface area contributed by atoms with Gasteiger partial charge in [-0.15, -0.1) is 0 Å². The molecule has 2 rings (SSSR count). The van der Waals surface area contributed by atoms with E-state index >= 15 is 0 Å². The van der Waals surface area contributed by atoms with Crippen molar-refractivity contribution in [3.63, 3.8) is 0 Å². The number of nitriles is 1. The molecule has 9 heteroatoms. The number of amides is 1. The maximum atomic E-state index is 12.2.